The predicted octanol–water partition coefficient (Wildman–Crippen LogP) is 2.04. The number of nitrogens with one attached hydrogen (secondary N) is 2. The number of esters is 1. The van der Waals surface area contributed by atoms with E-state index in [-0.39, 0.29) is 22.9 Å². The number of hydrogen-bond donors (Lipinski definition) is 2. The summed E-state index contributed by atoms with van der Waals surface area (Å²) in [5.41, 5.74) is 0. The lowest BCUT2D eigenvalue weighted by Crippen LogP contribution is -2.48. The molecule has 3 atom stereocenters. The van der Waals surface area contributed by atoms with Crippen LogP contribution in [0.15, 0.2) is 35.2 Å². The van der Waals surface area contributed by atoms with Crippen LogP contribution in [0.4, 0.5) is 0 Å². The lowest BCUT2D eigenvalue weighted by molar-refractivity contribution is -0.172. The smallest absolute Gasteiger partial charge is 0.307 e. The first-order valence-electron chi connectivity index (χ1n) is 9.43. The van der Waals surface area contributed by atoms with Gasteiger partial charge in [-0.15, -0.1) is 0 Å². The second kappa shape index (κ2) is 10.2. The van der Waals surface area contributed by atoms with E-state index in [1.54, 1.807) is 37.3 Å². The van der Waals surface area contributed by atoms with E-state index in [0.717, 1.165) is 0 Å². The molecule has 0 aliphatic carbocycles. The van der Waals surface area contributed by atoms with E-state index in [0.29, 0.717) is 38.3 Å². The molecule has 7 nitrogen and oxygen atoms in total. The molecule has 0 amide bonds. The molecular weight excluding hydrogens is 368 g/mol. The third kappa shape index (κ3) is 6.88. The SMILES string of the molecule is CCC(=O)O[C@@H]1OCC[C@@H]1NC[C@@H](CC(C)C)NS(=O)(=O)c1ccccc1. The Morgan fingerprint density at radius 2 is 2.00 bits per heavy atom. The zero-order valence-corrected chi connectivity index (χ0v) is 17.0. The molecule has 0 bridgehead atoms. The maximum Gasteiger partial charge on any atom is 0.307 e. The highest BCUT2D eigenvalue weighted by Gasteiger charge is 2.32. The highest BCUT2D eigenvalue weighted by atomic mass is 32.2. The molecule has 0 spiro atoms. The molecule has 1 fully saturated rings. The molecular formula is C19H30N2O5S. The number of carbonyl (C=O) groups is 1. The monoisotopic (exact) mass is 398 g/mol. The minimum atomic E-state index is -3.59. The standard InChI is InChI=1S/C19H30N2O5S/c1-4-18(22)26-19-17(10-11-25-19)20-13-15(12-14(2)3)21-27(23,24)16-8-6-5-7-9-16/h5-9,14-15,17,19-21H,4,10-13H2,1-3H3/t15-,17+,19+/m1/s1. The summed E-state index contributed by atoms with van der Waals surface area (Å²) < 4.78 is 38.8. The van der Waals surface area contributed by atoms with Crippen molar-refractivity contribution in [1.29, 1.82) is 0 Å². The Balaban J connectivity index is 1.99. The molecule has 0 unspecified atom stereocenters. The summed E-state index contributed by atoms with van der Waals surface area (Å²) >= 11 is 0. The fraction of sp³-hybridized carbons (Fsp3) is 0.632. The summed E-state index contributed by atoms with van der Waals surface area (Å²) in [7, 11) is -3.59. The van der Waals surface area contributed by atoms with Crippen LogP contribution in [0.25, 0.3) is 0 Å². The minimum Gasteiger partial charge on any atom is -0.434 e. The van der Waals surface area contributed by atoms with E-state index in [1.165, 1.54) is 0 Å². The summed E-state index contributed by atoms with van der Waals surface area (Å²) in [6, 6.07) is 7.92. The van der Waals surface area contributed by atoms with Crippen molar-refractivity contribution in [2.24, 2.45) is 5.92 Å². The van der Waals surface area contributed by atoms with E-state index < -0.39 is 16.3 Å². The Labute approximate surface area is 161 Å². The second-order valence-electron chi connectivity index (χ2n) is 7.15. The fourth-order valence-electron chi connectivity index (χ4n) is 3.01. The number of ether oxygens (including phenoxy) is 2. The molecule has 27 heavy (non-hydrogen) atoms. The number of hydrogen-bond acceptors (Lipinski definition) is 6. The Hall–Kier alpha value is -1.48. The Kier molecular flexibility index (Phi) is 8.22. The van der Waals surface area contributed by atoms with Crippen LogP contribution in [0.2, 0.25) is 0 Å². The van der Waals surface area contributed by atoms with Gasteiger partial charge in [0.15, 0.2) is 0 Å². The molecule has 1 aliphatic rings. The summed E-state index contributed by atoms with van der Waals surface area (Å²) in [5.74, 6) is 0.0148. The van der Waals surface area contributed by atoms with Crippen LogP contribution in [-0.2, 0) is 24.3 Å². The molecule has 0 saturated carbocycles. The molecule has 2 N–H and O–H groups in total. The zero-order chi connectivity index (χ0) is 19.9. The maximum absolute atomic E-state index is 12.6. The number of carbonyl (C=O) groups excluding carboxylic acids is 1. The first kappa shape index (κ1) is 21.8. The number of benzene rings is 1. The fourth-order valence-corrected chi connectivity index (χ4v) is 4.28. The largest absolute Gasteiger partial charge is 0.434 e. The van der Waals surface area contributed by atoms with Gasteiger partial charge in [0.05, 0.1) is 17.5 Å². The van der Waals surface area contributed by atoms with Gasteiger partial charge in [-0.2, -0.15) is 0 Å². The van der Waals surface area contributed by atoms with Gasteiger partial charge < -0.3 is 14.8 Å². The number of rotatable bonds is 10. The Bertz CT molecular complexity index is 693. The van der Waals surface area contributed by atoms with Crippen LogP contribution in [0.3, 0.4) is 0 Å². The normalized spacial score (nSPS) is 21.3. The van der Waals surface area contributed by atoms with Crippen molar-refractivity contribution in [3.8, 4) is 0 Å². The molecule has 8 heteroatoms. The van der Waals surface area contributed by atoms with Crippen molar-refractivity contribution in [2.75, 3.05) is 13.2 Å². The quantitative estimate of drug-likeness (QED) is 0.586. The third-order valence-corrected chi connectivity index (χ3v) is 5.87. The van der Waals surface area contributed by atoms with Crippen molar-refractivity contribution in [3.05, 3.63) is 30.3 Å². The van der Waals surface area contributed by atoms with E-state index in [2.05, 4.69) is 10.0 Å². The van der Waals surface area contributed by atoms with E-state index in [9.17, 15) is 13.2 Å². The molecule has 1 aliphatic heterocycles. The van der Waals surface area contributed by atoms with Crippen molar-refractivity contribution in [2.45, 2.75) is 63.3 Å². The highest BCUT2D eigenvalue weighted by molar-refractivity contribution is 7.89. The van der Waals surface area contributed by atoms with E-state index >= 15 is 0 Å². The first-order valence-corrected chi connectivity index (χ1v) is 10.9. The van der Waals surface area contributed by atoms with E-state index in [1.807, 2.05) is 13.8 Å². The molecule has 1 saturated heterocycles. The molecule has 2 rings (SSSR count). The van der Waals surface area contributed by atoms with Crippen LogP contribution in [0, 0.1) is 5.92 Å². The molecule has 1 heterocycles. The van der Waals surface area contributed by atoms with Gasteiger partial charge in [0.2, 0.25) is 16.3 Å². The lowest BCUT2D eigenvalue weighted by atomic mass is 10.0. The van der Waals surface area contributed by atoms with Gasteiger partial charge in [0.1, 0.15) is 0 Å². The van der Waals surface area contributed by atoms with Gasteiger partial charge in [0.25, 0.3) is 0 Å². The van der Waals surface area contributed by atoms with Crippen LogP contribution in [-0.4, -0.2) is 45.9 Å². The predicted molar refractivity (Wildman–Crippen MR) is 103 cm³/mol. The van der Waals surface area contributed by atoms with Gasteiger partial charge >= 0.3 is 5.97 Å². The minimum absolute atomic E-state index is 0.142. The average molecular weight is 399 g/mol. The van der Waals surface area contributed by atoms with Gasteiger partial charge in [-0.25, -0.2) is 13.1 Å². The summed E-state index contributed by atoms with van der Waals surface area (Å²) in [6.07, 6.45) is 1.07. The molecule has 1 aromatic rings. The molecule has 1 aromatic carbocycles. The lowest BCUT2D eigenvalue weighted by Gasteiger charge is -2.25. The van der Waals surface area contributed by atoms with Crippen LogP contribution in [0.5, 0.6) is 0 Å². The van der Waals surface area contributed by atoms with Crippen molar-refractivity contribution in [1.82, 2.24) is 10.0 Å². The first-order chi connectivity index (χ1) is 12.8. The molecule has 152 valence electrons. The van der Waals surface area contributed by atoms with Gasteiger partial charge in [0, 0.05) is 19.0 Å². The average Bonchev–Trinajstić information content (AvgIpc) is 3.06. The molecule has 0 radical (unpaired) electrons. The summed E-state index contributed by atoms with van der Waals surface area (Å²) in [6.45, 7) is 6.77. The van der Waals surface area contributed by atoms with Crippen LogP contribution < -0.4 is 10.0 Å². The van der Waals surface area contributed by atoms with Gasteiger partial charge in [-0.05, 0) is 30.9 Å². The van der Waals surface area contributed by atoms with Crippen molar-refractivity contribution < 1.29 is 22.7 Å². The number of sulfonamides is 1. The van der Waals surface area contributed by atoms with E-state index in [4.69, 9.17) is 9.47 Å². The van der Waals surface area contributed by atoms with Crippen LogP contribution >= 0.6 is 0 Å². The topological polar surface area (TPSA) is 93.7 Å². The summed E-state index contributed by atoms with van der Waals surface area (Å²) in [4.78, 5) is 11.8. The van der Waals surface area contributed by atoms with Crippen molar-refractivity contribution >= 4 is 16.0 Å². The molecule has 0 aromatic heterocycles. The van der Waals surface area contributed by atoms with Gasteiger partial charge in [-0.1, -0.05) is 39.0 Å². The van der Waals surface area contributed by atoms with Crippen molar-refractivity contribution in [3.63, 3.8) is 0 Å². The zero-order valence-electron chi connectivity index (χ0n) is 16.2. The maximum atomic E-state index is 12.6. The second-order valence-corrected chi connectivity index (χ2v) is 8.86. The highest BCUT2D eigenvalue weighted by Crippen LogP contribution is 2.17. The summed E-state index contributed by atoms with van der Waals surface area (Å²) in [5, 5.41) is 3.31. The Morgan fingerprint density at radius 1 is 1.30 bits per heavy atom. The van der Waals surface area contributed by atoms with Gasteiger partial charge in [-0.3, -0.25) is 4.79 Å². The van der Waals surface area contributed by atoms with Crippen LogP contribution in [0.1, 0.15) is 40.0 Å². The Morgan fingerprint density at radius 3 is 2.63 bits per heavy atom. The third-order valence-electron chi connectivity index (χ3n) is 4.33.